The first-order valence-electron chi connectivity index (χ1n) is 12.3. The maximum absolute atomic E-state index is 13.7. The second-order valence-corrected chi connectivity index (χ2v) is 9.58. The number of piperidine rings is 1. The number of ketones is 1. The van der Waals surface area contributed by atoms with E-state index in [1.807, 2.05) is 4.90 Å². The molecule has 3 aromatic rings. The molecule has 3 N–H and O–H groups in total. The Hall–Kier alpha value is -4.17. The zero-order valence-electron chi connectivity index (χ0n) is 21.1. The maximum atomic E-state index is 13.7. The minimum Gasteiger partial charge on any atom is -0.341 e. The molecular weight excluding hydrogens is 474 g/mol. The molecule has 5 rings (SSSR count). The van der Waals surface area contributed by atoms with Gasteiger partial charge in [-0.25, -0.2) is 4.79 Å². The fraction of sp³-hybridized carbons (Fsp3) is 0.423. The zero-order chi connectivity index (χ0) is 26.4. The maximum Gasteiger partial charge on any atom is 0.332 e. The van der Waals surface area contributed by atoms with Crippen LogP contribution in [0.2, 0.25) is 0 Å². The second-order valence-electron chi connectivity index (χ2n) is 9.58. The van der Waals surface area contributed by atoms with Crippen LogP contribution < -0.4 is 27.2 Å². The van der Waals surface area contributed by atoms with Gasteiger partial charge in [-0.2, -0.15) is 4.98 Å². The molecule has 0 bridgehead atoms. The number of rotatable bonds is 5. The molecule has 1 fully saturated rings. The van der Waals surface area contributed by atoms with Crippen molar-refractivity contribution in [3.05, 3.63) is 50.2 Å². The van der Waals surface area contributed by atoms with Crippen molar-refractivity contribution in [2.24, 2.45) is 12.8 Å². The fourth-order valence-corrected chi connectivity index (χ4v) is 5.23. The predicted molar refractivity (Wildman–Crippen MR) is 140 cm³/mol. The van der Waals surface area contributed by atoms with Crippen molar-refractivity contribution < 1.29 is 9.59 Å². The van der Waals surface area contributed by atoms with Gasteiger partial charge in [0.05, 0.1) is 19.0 Å². The monoisotopic (exact) mass is 503 g/mol. The Morgan fingerprint density at radius 2 is 2.03 bits per heavy atom. The lowest BCUT2D eigenvalue weighted by molar-refractivity contribution is -0.116. The molecule has 1 unspecified atom stereocenters. The van der Waals surface area contributed by atoms with Crippen LogP contribution in [-0.4, -0.2) is 49.5 Å². The first-order chi connectivity index (χ1) is 17.7. The van der Waals surface area contributed by atoms with Crippen molar-refractivity contribution in [1.82, 2.24) is 18.7 Å². The number of imidazole rings is 1. The Labute approximate surface area is 212 Å². The van der Waals surface area contributed by atoms with Crippen molar-refractivity contribution in [3.63, 3.8) is 0 Å². The van der Waals surface area contributed by atoms with E-state index in [0.29, 0.717) is 29.3 Å². The molecule has 2 aliphatic heterocycles. The first kappa shape index (κ1) is 24.5. The third-order valence-electron chi connectivity index (χ3n) is 7.16. The number of nitrogens with one attached hydrogen (secondary N) is 1. The van der Waals surface area contributed by atoms with Crippen LogP contribution in [0, 0.1) is 11.8 Å². The quantitative estimate of drug-likeness (QED) is 0.388. The number of Topliss-reactive ketones (excluding diaryl/α,β-unsaturated/α-hetero) is 1. The van der Waals surface area contributed by atoms with Gasteiger partial charge in [0.2, 0.25) is 11.9 Å². The summed E-state index contributed by atoms with van der Waals surface area (Å²) in [6.07, 6.45) is 1.79. The summed E-state index contributed by atoms with van der Waals surface area (Å²) in [5, 5.41) is 2.76. The smallest absolute Gasteiger partial charge is 0.332 e. The summed E-state index contributed by atoms with van der Waals surface area (Å²) in [6, 6.07) is 4.99. The molecule has 11 heteroatoms. The average molecular weight is 504 g/mol. The number of aromatic nitrogens is 4. The molecule has 1 amide bonds. The Balaban J connectivity index is 1.63. The minimum atomic E-state index is -0.645. The molecule has 0 radical (unpaired) electrons. The Morgan fingerprint density at radius 1 is 1.24 bits per heavy atom. The molecule has 0 spiro atoms. The van der Waals surface area contributed by atoms with E-state index < -0.39 is 29.5 Å². The van der Waals surface area contributed by atoms with Crippen LogP contribution in [0.1, 0.15) is 48.5 Å². The van der Waals surface area contributed by atoms with E-state index in [1.54, 1.807) is 36.6 Å². The molecule has 37 heavy (non-hydrogen) atoms. The lowest BCUT2D eigenvalue weighted by Gasteiger charge is -2.31. The molecule has 2 aliphatic rings. The van der Waals surface area contributed by atoms with Crippen LogP contribution >= 0.6 is 0 Å². The summed E-state index contributed by atoms with van der Waals surface area (Å²) in [7, 11) is 1.53. The number of hydrogen-bond acceptors (Lipinski definition) is 7. The molecule has 2 aromatic heterocycles. The fourth-order valence-electron chi connectivity index (χ4n) is 5.23. The van der Waals surface area contributed by atoms with Crippen molar-refractivity contribution in [2.45, 2.75) is 51.7 Å². The number of amides is 1. The third kappa shape index (κ3) is 4.03. The van der Waals surface area contributed by atoms with Gasteiger partial charge in [0.25, 0.3) is 5.56 Å². The number of nitrogens with zero attached hydrogens (tertiary/aromatic N) is 5. The van der Waals surface area contributed by atoms with E-state index >= 15 is 0 Å². The van der Waals surface area contributed by atoms with Gasteiger partial charge < -0.3 is 16.0 Å². The highest BCUT2D eigenvalue weighted by atomic mass is 16.2. The van der Waals surface area contributed by atoms with Gasteiger partial charge in [0.15, 0.2) is 16.9 Å². The lowest BCUT2D eigenvalue weighted by atomic mass is 9.94. The van der Waals surface area contributed by atoms with Crippen molar-refractivity contribution in [1.29, 1.82) is 0 Å². The van der Waals surface area contributed by atoms with E-state index in [1.165, 1.54) is 11.6 Å². The van der Waals surface area contributed by atoms with Crippen molar-refractivity contribution in [3.8, 4) is 11.8 Å². The number of anilines is 2. The molecule has 0 aliphatic carbocycles. The molecule has 192 valence electrons. The summed E-state index contributed by atoms with van der Waals surface area (Å²) in [5.41, 5.74) is 6.83. The van der Waals surface area contributed by atoms with E-state index in [-0.39, 0.29) is 29.7 Å². The largest absolute Gasteiger partial charge is 0.341 e. The minimum absolute atomic E-state index is 0.0197. The summed E-state index contributed by atoms with van der Waals surface area (Å²) in [6.45, 7) is 4.47. The topological polar surface area (TPSA) is 137 Å². The standard InChI is InChI=1S/C26H29N7O4/c1-4-5-12-32-21-22(29-25(32)31-11-7-8-16(27)13-31)30(3)26(37)33(24(21)36)14-19(34)17-9-6-10-18-20(17)15(2)23(35)28-18/h6,9-10,15-16H,7-8,11-14,27H2,1-3H3,(H,28,35)/t15?,16-/m1/s1. The van der Waals surface area contributed by atoms with E-state index in [2.05, 4.69) is 22.1 Å². The SMILES string of the molecule is CC#CCn1c(N2CCC[C@@H](N)C2)nc2c1c(=O)n(CC(=O)c1cccc3c1C(C)C(=O)N3)c(=O)n2C. The summed E-state index contributed by atoms with van der Waals surface area (Å²) in [5.74, 6) is 5.23. The number of hydrogen-bond donors (Lipinski definition) is 2. The Morgan fingerprint density at radius 3 is 2.76 bits per heavy atom. The number of nitrogens with two attached hydrogens (primary N) is 1. The Bertz CT molecular complexity index is 1620. The molecule has 11 nitrogen and oxygen atoms in total. The Kier molecular flexibility index (Phi) is 6.21. The molecule has 0 saturated carbocycles. The van der Waals surface area contributed by atoms with Gasteiger partial charge in [-0.15, -0.1) is 5.92 Å². The number of fused-ring (bicyclic) bond motifs is 2. The molecule has 1 saturated heterocycles. The zero-order valence-corrected chi connectivity index (χ0v) is 21.1. The van der Waals surface area contributed by atoms with Crippen molar-refractivity contribution >= 4 is 34.5 Å². The molecule has 2 atom stereocenters. The van der Waals surface area contributed by atoms with E-state index in [4.69, 9.17) is 5.73 Å². The summed E-state index contributed by atoms with van der Waals surface area (Å²) < 4.78 is 3.93. The number of aryl methyl sites for hydroxylation is 1. The number of carbonyl (C=O) groups excluding carboxylic acids is 2. The van der Waals surface area contributed by atoms with Crippen LogP contribution in [0.3, 0.4) is 0 Å². The first-order valence-corrected chi connectivity index (χ1v) is 12.3. The third-order valence-corrected chi connectivity index (χ3v) is 7.16. The van der Waals surface area contributed by atoms with Crippen LogP contribution in [0.25, 0.3) is 11.2 Å². The van der Waals surface area contributed by atoms with Crippen LogP contribution in [-0.2, 0) is 24.9 Å². The van der Waals surface area contributed by atoms with Gasteiger partial charge in [0, 0.05) is 37.4 Å². The van der Waals surface area contributed by atoms with Gasteiger partial charge in [-0.05, 0) is 38.3 Å². The highest BCUT2D eigenvalue weighted by molar-refractivity contribution is 6.08. The van der Waals surface area contributed by atoms with Gasteiger partial charge in [0.1, 0.15) is 0 Å². The normalized spacial score (nSPS) is 18.9. The summed E-state index contributed by atoms with van der Waals surface area (Å²) in [4.78, 5) is 59.3. The van der Waals surface area contributed by atoms with Crippen LogP contribution in [0.5, 0.6) is 0 Å². The summed E-state index contributed by atoms with van der Waals surface area (Å²) >= 11 is 0. The van der Waals surface area contributed by atoms with Gasteiger partial charge in [-0.3, -0.25) is 28.1 Å². The molecule has 1 aromatic carbocycles. The van der Waals surface area contributed by atoms with Gasteiger partial charge in [-0.1, -0.05) is 18.1 Å². The molecule has 4 heterocycles. The number of carbonyl (C=O) groups is 2. The highest BCUT2D eigenvalue weighted by Crippen LogP contribution is 2.35. The van der Waals surface area contributed by atoms with Gasteiger partial charge >= 0.3 is 5.69 Å². The second kappa shape index (κ2) is 9.37. The van der Waals surface area contributed by atoms with E-state index in [0.717, 1.165) is 24.0 Å². The van der Waals surface area contributed by atoms with Crippen LogP contribution in [0.4, 0.5) is 11.6 Å². The van der Waals surface area contributed by atoms with Crippen molar-refractivity contribution in [2.75, 3.05) is 23.3 Å². The highest BCUT2D eigenvalue weighted by Gasteiger charge is 2.32. The predicted octanol–water partition coefficient (Wildman–Crippen LogP) is 0.786. The lowest BCUT2D eigenvalue weighted by Crippen LogP contribution is -2.44. The number of benzene rings is 1. The average Bonchev–Trinajstić information content (AvgIpc) is 3.41. The van der Waals surface area contributed by atoms with Crippen LogP contribution in [0.15, 0.2) is 27.8 Å². The van der Waals surface area contributed by atoms with E-state index in [9.17, 15) is 19.2 Å². The molecular formula is C26H29N7O4.